The Balaban J connectivity index is 1.96. The summed E-state index contributed by atoms with van der Waals surface area (Å²) in [6, 6.07) is 14.7. The molecule has 0 bridgehead atoms. The molecule has 0 amide bonds. The van der Waals surface area contributed by atoms with Crippen LogP contribution >= 0.6 is 0 Å². The summed E-state index contributed by atoms with van der Waals surface area (Å²) in [5.74, 6) is 1.15. The van der Waals surface area contributed by atoms with Gasteiger partial charge in [-0.15, -0.1) is 0 Å². The second-order valence-corrected chi connectivity index (χ2v) is 5.71. The monoisotopic (exact) mass is 313 g/mol. The molecule has 3 rings (SSSR count). The number of rotatable bonds is 5. The lowest BCUT2D eigenvalue weighted by Crippen LogP contribution is -2.08. The van der Waals surface area contributed by atoms with Crippen LogP contribution in [0.4, 0.5) is 4.39 Å². The van der Waals surface area contributed by atoms with Crippen molar-refractivity contribution < 1.29 is 13.9 Å². The second kappa shape index (κ2) is 6.32. The number of hydrogen-bond acceptors (Lipinski definition) is 2. The lowest BCUT2D eigenvalue weighted by atomic mass is 10.2. The van der Waals surface area contributed by atoms with Crippen molar-refractivity contribution in [3.8, 4) is 11.5 Å². The van der Waals surface area contributed by atoms with Gasteiger partial charge in [-0.3, -0.25) is 0 Å². The molecule has 0 aliphatic rings. The van der Waals surface area contributed by atoms with Gasteiger partial charge in [-0.2, -0.15) is 0 Å². The molecule has 0 saturated carbocycles. The maximum atomic E-state index is 14.1. The highest BCUT2D eigenvalue weighted by Gasteiger charge is 2.15. The minimum Gasteiger partial charge on any atom is -0.493 e. The number of para-hydroxylation sites is 2. The molecule has 1 heterocycles. The summed E-state index contributed by atoms with van der Waals surface area (Å²) in [4.78, 5) is 0. The van der Waals surface area contributed by atoms with Crippen LogP contribution < -0.4 is 9.47 Å². The Morgan fingerprint density at radius 2 is 1.78 bits per heavy atom. The van der Waals surface area contributed by atoms with Crippen molar-refractivity contribution in [3.63, 3.8) is 0 Å². The average Bonchev–Trinajstić information content (AvgIpc) is 2.93. The van der Waals surface area contributed by atoms with Crippen LogP contribution in [0.15, 0.2) is 48.5 Å². The smallest absolute Gasteiger partial charge is 0.161 e. The molecule has 0 aliphatic carbocycles. The van der Waals surface area contributed by atoms with Crippen molar-refractivity contribution in [2.75, 3.05) is 7.11 Å². The fourth-order valence-corrected chi connectivity index (χ4v) is 2.88. The van der Waals surface area contributed by atoms with Crippen molar-refractivity contribution in [2.24, 2.45) is 0 Å². The van der Waals surface area contributed by atoms with Crippen LogP contribution in [0.1, 0.15) is 25.6 Å². The summed E-state index contributed by atoms with van der Waals surface area (Å²) in [5, 5.41) is 0.625. The largest absolute Gasteiger partial charge is 0.493 e. The van der Waals surface area contributed by atoms with E-state index in [1.807, 2.05) is 36.4 Å². The lowest BCUT2D eigenvalue weighted by molar-refractivity contribution is 0.274. The molecule has 1 aromatic heterocycles. The molecule has 3 aromatic rings. The summed E-state index contributed by atoms with van der Waals surface area (Å²) in [7, 11) is 1.61. The van der Waals surface area contributed by atoms with E-state index < -0.39 is 0 Å². The third kappa shape index (κ3) is 2.89. The number of ether oxygens (including phenoxy) is 2. The zero-order chi connectivity index (χ0) is 16.4. The number of fused-ring (bicyclic) bond motifs is 1. The van der Waals surface area contributed by atoms with Gasteiger partial charge in [-0.05, 0) is 44.2 Å². The quantitative estimate of drug-likeness (QED) is 0.665. The van der Waals surface area contributed by atoms with Crippen molar-refractivity contribution in [2.45, 2.75) is 26.5 Å². The number of nitrogens with zero attached hydrogens (tertiary/aromatic N) is 1. The highest BCUT2D eigenvalue weighted by Crippen LogP contribution is 2.30. The van der Waals surface area contributed by atoms with Crippen LogP contribution in [0.3, 0.4) is 0 Å². The Labute approximate surface area is 135 Å². The molecule has 4 heteroatoms. The number of benzene rings is 2. The maximum absolute atomic E-state index is 14.1. The Hall–Kier alpha value is -2.49. The van der Waals surface area contributed by atoms with Gasteiger partial charge >= 0.3 is 0 Å². The highest BCUT2D eigenvalue weighted by atomic mass is 19.1. The topological polar surface area (TPSA) is 23.4 Å². The van der Waals surface area contributed by atoms with Crippen LogP contribution in [0.5, 0.6) is 11.5 Å². The Morgan fingerprint density at radius 3 is 2.48 bits per heavy atom. The van der Waals surface area contributed by atoms with Gasteiger partial charge in [-0.25, -0.2) is 4.39 Å². The summed E-state index contributed by atoms with van der Waals surface area (Å²) in [5.41, 5.74) is 1.82. The van der Waals surface area contributed by atoms with E-state index in [2.05, 4.69) is 18.4 Å². The van der Waals surface area contributed by atoms with Gasteiger partial charge in [-0.1, -0.05) is 18.2 Å². The highest BCUT2D eigenvalue weighted by molar-refractivity contribution is 5.82. The van der Waals surface area contributed by atoms with E-state index in [9.17, 15) is 4.39 Å². The van der Waals surface area contributed by atoms with Gasteiger partial charge in [0.15, 0.2) is 11.5 Å². The third-order valence-corrected chi connectivity index (χ3v) is 3.87. The minimum absolute atomic E-state index is 0.208. The first-order valence-corrected chi connectivity index (χ1v) is 7.66. The molecule has 0 radical (unpaired) electrons. The molecular weight excluding hydrogens is 293 g/mol. The molecule has 120 valence electrons. The van der Waals surface area contributed by atoms with Gasteiger partial charge in [0.2, 0.25) is 0 Å². The normalized spacial score (nSPS) is 11.2. The van der Waals surface area contributed by atoms with E-state index in [0.29, 0.717) is 23.5 Å². The SMILES string of the molecule is COc1ccccc1OCc1cc2c(F)cccc2n1C(C)C. The van der Waals surface area contributed by atoms with E-state index in [0.717, 1.165) is 11.2 Å². The summed E-state index contributed by atoms with van der Waals surface area (Å²) < 4.78 is 27.4. The van der Waals surface area contributed by atoms with E-state index in [4.69, 9.17) is 9.47 Å². The zero-order valence-electron chi connectivity index (χ0n) is 13.5. The number of hydrogen-bond donors (Lipinski definition) is 0. The molecule has 3 nitrogen and oxygen atoms in total. The lowest BCUT2D eigenvalue weighted by Gasteiger charge is -2.16. The molecule has 0 fully saturated rings. The minimum atomic E-state index is -0.208. The standard InChI is InChI=1S/C19H20FNO2/c1-13(2)21-14(11-15-16(20)7-6-8-17(15)21)12-23-19-10-5-4-9-18(19)22-3/h4-11,13H,12H2,1-3H3. The molecule has 0 saturated heterocycles. The van der Waals surface area contributed by atoms with Crippen LogP contribution in [0, 0.1) is 5.82 Å². The molecule has 0 N–H and O–H groups in total. The third-order valence-electron chi connectivity index (χ3n) is 3.87. The Kier molecular flexibility index (Phi) is 4.24. The van der Waals surface area contributed by atoms with E-state index in [1.54, 1.807) is 13.2 Å². The van der Waals surface area contributed by atoms with E-state index >= 15 is 0 Å². The second-order valence-electron chi connectivity index (χ2n) is 5.71. The van der Waals surface area contributed by atoms with Gasteiger partial charge in [0.05, 0.1) is 18.3 Å². The zero-order valence-corrected chi connectivity index (χ0v) is 13.5. The predicted octanol–water partition coefficient (Wildman–Crippen LogP) is 4.95. The van der Waals surface area contributed by atoms with Crippen LogP contribution in [-0.2, 0) is 6.61 Å². The Bertz CT molecular complexity index is 823. The number of halogens is 1. The first-order chi connectivity index (χ1) is 11.1. The van der Waals surface area contributed by atoms with Crippen molar-refractivity contribution >= 4 is 10.9 Å². The van der Waals surface area contributed by atoms with Crippen LogP contribution in [0.25, 0.3) is 10.9 Å². The average molecular weight is 313 g/mol. The fraction of sp³-hybridized carbons (Fsp3) is 0.263. The van der Waals surface area contributed by atoms with Gasteiger partial charge in [0.1, 0.15) is 12.4 Å². The molecule has 0 aliphatic heterocycles. The van der Waals surface area contributed by atoms with Crippen LogP contribution in [0.2, 0.25) is 0 Å². The predicted molar refractivity (Wildman–Crippen MR) is 89.6 cm³/mol. The van der Waals surface area contributed by atoms with Gasteiger partial charge in [0.25, 0.3) is 0 Å². The number of methoxy groups -OCH3 is 1. The summed E-state index contributed by atoms with van der Waals surface area (Å²) in [6.07, 6.45) is 0. The van der Waals surface area contributed by atoms with Gasteiger partial charge < -0.3 is 14.0 Å². The van der Waals surface area contributed by atoms with E-state index in [1.165, 1.54) is 6.07 Å². The van der Waals surface area contributed by atoms with Gasteiger partial charge in [0, 0.05) is 11.4 Å². The Morgan fingerprint density at radius 1 is 1.04 bits per heavy atom. The van der Waals surface area contributed by atoms with Crippen LogP contribution in [-0.4, -0.2) is 11.7 Å². The maximum Gasteiger partial charge on any atom is 0.161 e. The van der Waals surface area contributed by atoms with E-state index in [-0.39, 0.29) is 11.9 Å². The molecule has 0 spiro atoms. The molecule has 2 aromatic carbocycles. The molecular formula is C19H20FNO2. The van der Waals surface area contributed by atoms with Crippen molar-refractivity contribution in [1.82, 2.24) is 4.57 Å². The first-order valence-electron chi connectivity index (χ1n) is 7.66. The molecule has 0 unspecified atom stereocenters. The fourth-order valence-electron chi connectivity index (χ4n) is 2.88. The van der Waals surface area contributed by atoms with Crippen molar-refractivity contribution in [3.05, 3.63) is 60.0 Å². The number of aromatic nitrogens is 1. The van der Waals surface area contributed by atoms with Crippen molar-refractivity contribution in [1.29, 1.82) is 0 Å². The molecule has 23 heavy (non-hydrogen) atoms. The molecule has 0 atom stereocenters. The first kappa shape index (κ1) is 15.4. The summed E-state index contributed by atoms with van der Waals surface area (Å²) >= 11 is 0. The summed E-state index contributed by atoms with van der Waals surface area (Å²) in [6.45, 7) is 4.51.